The molecule has 0 spiro atoms. The van der Waals surface area contributed by atoms with Gasteiger partial charge in [-0.2, -0.15) is 13.2 Å². The van der Waals surface area contributed by atoms with E-state index in [1.807, 2.05) is 0 Å². The number of amides is 1. The highest BCUT2D eigenvalue weighted by atomic mass is 35.5. The van der Waals surface area contributed by atoms with E-state index < -0.39 is 24.7 Å². The number of nitrogens with one attached hydrogen (secondary N) is 1. The molecule has 3 aromatic rings. The summed E-state index contributed by atoms with van der Waals surface area (Å²) in [5.74, 6) is 0.0916. The van der Waals surface area contributed by atoms with Crippen molar-refractivity contribution < 1.29 is 27.4 Å². The van der Waals surface area contributed by atoms with Gasteiger partial charge in [-0.1, -0.05) is 11.6 Å². The molecule has 1 aromatic carbocycles. The summed E-state index contributed by atoms with van der Waals surface area (Å²) < 4.78 is 47.0. The topological polar surface area (TPSA) is 73.3 Å². The fourth-order valence-electron chi connectivity index (χ4n) is 2.51. The van der Waals surface area contributed by atoms with Crippen LogP contribution >= 0.6 is 11.6 Å². The standard InChI is InChI=1S/C21H17ClF3N3O3/c1-13(18-9-8-16(11-27-18)30-12-21(23,24)25)28-19(29)17-3-2-10-26-20(17)31-15-6-4-14(22)5-7-15/h2-11,13H,12H2,1H3,(H,28,29). The third-order valence-electron chi connectivity index (χ3n) is 4.00. The van der Waals surface area contributed by atoms with E-state index in [9.17, 15) is 18.0 Å². The molecule has 0 aliphatic rings. The van der Waals surface area contributed by atoms with Gasteiger partial charge in [0.2, 0.25) is 5.88 Å². The van der Waals surface area contributed by atoms with Crippen LogP contribution < -0.4 is 14.8 Å². The predicted molar refractivity (Wildman–Crippen MR) is 107 cm³/mol. The van der Waals surface area contributed by atoms with Gasteiger partial charge < -0.3 is 14.8 Å². The van der Waals surface area contributed by atoms with E-state index in [-0.39, 0.29) is 17.2 Å². The number of alkyl halides is 3. The fraction of sp³-hybridized carbons (Fsp3) is 0.190. The van der Waals surface area contributed by atoms with E-state index in [2.05, 4.69) is 20.0 Å². The number of halogens is 4. The zero-order valence-electron chi connectivity index (χ0n) is 16.2. The maximum Gasteiger partial charge on any atom is 0.422 e. The third-order valence-corrected chi connectivity index (χ3v) is 4.25. The molecule has 0 radical (unpaired) electrons. The summed E-state index contributed by atoms with van der Waals surface area (Å²) in [7, 11) is 0. The highest BCUT2D eigenvalue weighted by molar-refractivity contribution is 6.30. The number of benzene rings is 1. The zero-order chi connectivity index (χ0) is 22.4. The molecule has 162 valence electrons. The molecule has 0 saturated heterocycles. The Morgan fingerprint density at radius 2 is 1.81 bits per heavy atom. The van der Waals surface area contributed by atoms with E-state index in [1.54, 1.807) is 43.3 Å². The number of aromatic nitrogens is 2. The van der Waals surface area contributed by atoms with Crippen molar-refractivity contribution in [3.05, 3.63) is 77.2 Å². The Kier molecular flexibility index (Phi) is 6.96. The van der Waals surface area contributed by atoms with Crippen molar-refractivity contribution in [1.82, 2.24) is 15.3 Å². The number of hydrogen-bond donors (Lipinski definition) is 1. The summed E-state index contributed by atoms with van der Waals surface area (Å²) in [5.41, 5.74) is 0.645. The van der Waals surface area contributed by atoms with Crippen molar-refractivity contribution in [2.75, 3.05) is 6.61 Å². The van der Waals surface area contributed by atoms with Gasteiger partial charge in [0.25, 0.3) is 5.91 Å². The van der Waals surface area contributed by atoms with Gasteiger partial charge in [-0.15, -0.1) is 0 Å². The lowest BCUT2D eigenvalue weighted by Crippen LogP contribution is -2.27. The molecule has 0 aliphatic carbocycles. The Balaban J connectivity index is 1.66. The molecule has 0 aliphatic heterocycles. The molecule has 0 saturated carbocycles. The Bertz CT molecular complexity index is 1030. The first kappa shape index (κ1) is 22.4. The first-order chi connectivity index (χ1) is 14.7. The molecule has 1 amide bonds. The van der Waals surface area contributed by atoms with Crippen LogP contribution in [0.2, 0.25) is 5.02 Å². The smallest absolute Gasteiger partial charge is 0.422 e. The molecular formula is C21H17ClF3N3O3. The zero-order valence-corrected chi connectivity index (χ0v) is 16.9. The van der Waals surface area contributed by atoms with Crippen LogP contribution in [0.15, 0.2) is 60.9 Å². The van der Waals surface area contributed by atoms with Crippen molar-refractivity contribution >= 4 is 17.5 Å². The van der Waals surface area contributed by atoms with Gasteiger partial charge in [-0.25, -0.2) is 4.98 Å². The molecule has 2 aromatic heterocycles. The highest BCUT2D eigenvalue weighted by Crippen LogP contribution is 2.25. The molecule has 1 atom stereocenters. The van der Waals surface area contributed by atoms with E-state index in [0.29, 0.717) is 16.5 Å². The van der Waals surface area contributed by atoms with Crippen molar-refractivity contribution in [2.24, 2.45) is 0 Å². The van der Waals surface area contributed by atoms with Crippen molar-refractivity contribution in [2.45, 2.75) is 19.1 Å². The fourth-order valence-corrected chi connectivity index (χ4v) is 2.63. The Morgan fingerprint density at radius 3 is 2.45 bits per heavy atom. The van der Waals surface area contributed by atoms with Gasteiger partial charge in [-0.05, 0) is 55.5 Å². The molecule has 31 heavy (non-hydrogen) atoms. The van der Waals surface area contributed by atoms with E-state index >= 15 is 0 Å². The normalized spacial score (nSPS) is 12.2. The minimum atomic E-state index is -4.44. The van der Waals surface area contributed by atoms with Crippen LogP contribution in [-0.2, 0) is 0 Å². The number of rotatable bonds is 7. The molecule has 1 unspecified atom stereocenters. The monoisotopic (exact) mass is 451 g/mol. The minimum absolute atomic E-state index is 0.0227. The SMILES string of the molecule is CC(NC(=O)c1cccnc1Oc1ccc(Cl)cc1)c1ccc(OCC(F)(F)F)cn1. The summed E-state index contributed by atoms with van der Waals surface area (Å²) in [6.45, 7) is 0.282. The average molecular weight is 452 g/mol. The van der Waals surface area contributed by atoms with Gasteiger partial charge >= 0.3 is 6.18 Å². The van der Waals surface area contributed by atoms with Crippen LogP contribution in [0, 0.1) is 0 Å². The third kappa shape index (κ3) is 6.58. The van der Waals surface area contributed by atoms with Crippen LogP contribution in [-0.4, -0.2) is 28.7 Å². The highest BCUT2D eigenvalue weighted by Gasteiger charge is 2.28. The van der Waals surface area contributed by atoms with Gasteiger partial charge in [0, 0.05) is 11.2 Å². The van der Waals surface area contributed by atoms with Crippen molar-refractivity contribution in [3.63, 3.8) is 0 Å². The second-order valence-electron chi connectivity index (χ2n) is 6.43. The van der Waals surface area contributed by atoms with E-state index in [1.165, 1.54) is 24.5 Å². The maximum absolute atomic E-state index is 12.7. The predicted octanol–water partition coefficient (Wildman–Crippen LogP) is 5.35. The van der Waals surface area contributed by atoms with Gasteiger partial charge in [0.15, 0.2) is 6.61 Å². The number of ether oxygens (including phenoxy) is 2. The first-order valence-corrected chi connectivity index (χ1v) is 9.44. The molecule has 0 bridgehead atoms. The number of pyridine rings is 2. The van der Waals surface area contributed by atoms with Crippen LogP contribution in [0.25, 0.3) is 0 Å². The largest absolute Gasteiger partial charge is 0.483 e. The molecule has 10 heteroatoms. The molecule has 3 rings (SSSR count). The molecule has 0 fully saturated rings. The number of nitrogens with zero attached hydrogens (tertiary/aromatic N) is 2. The molecule has 1 N–H and O–H groups in total. The number of carbonyl (C=O) groups is 1. The Hall–Kier alpha value is -3.33. The molecular weight excluding hydrogens is 435 g/mol. The van der Waals surface area contributed by atoms with Crippen molar-refractivity contribution in [1.29, 1.82) is 0 Å². The lowest BCUT2D eigenvalue weighted by Gasteiger charge is -2.16. The average Bonchev–Trinajstić information content (AvgIpc) is 2.74. The number of carbonyl (C=O) groups excluding carboxylic acids is 1. The van der Waals surface area contributed by atoms with Crippen LogP contribution in [0.5, 0.6) is 17.4 Å². The summed E-state index contributed by atoms with van der Waals surface area (Å²) >= 11 is 5.86. The van der Waals surface area contributed by atoms with E-state index in [4.69, 9.17) is 16.3 Å². The van der Waals surface area contributed by atoms with Gasteiger partial charge in [-0.3, -0.25) is 9.78 Å². The van der Waals surface area contributed by atoms with Gasteiger partial charge in [0.05, 0.1) is 17.9 Å². The first-order valence-electron chi connectivity index (χ1n) is 9.06. The van der Waals surface area contributed by atoms with Crippen molar-refractivity contribution in [3.8, 4) is 17.4 Å². The van der Waals surface area contributed by atoms with Crippen LogP contribution in [0.3, 0.4) is 0 Å². The number of hydrogen-bond acceptors (Lipinski definition) is 5. The quantitative estimate of drug-likeness (QED) is 0.524. The second kappa shape index (κ2) is 9.65. The lowest BCUT2D eigenvalue weighted by molar-refractivity contribution is -0.153. The summed E-state index contributed by atoms with van der Waals surface area (Å²) in [6.07, 6.45) is -1.77. The summed E-state index contributed by atoms with van der Waals surface area (Å²) in [6, 6.07) is 12.0. The van der Waals surface area contributed by atoms with Crippen LogP contribution in [0.1, 0.15) is 29.0 Å². The maximum atomic E-state index is 12.7. The Labute approximate surface area is 181 Å². The van der Waals surface area contributed by atoms with Gasteiger partial charge in [0.1, 0.15) is 17.1 Å². The Morgan fingerprint density at radius 1 is 1.10 bits per heavy atom. The van der Waals surface area contributed by atoms with E-state index in [0.717, 1.165) is 0 Å². The lowest BCUT2D eigenvalue weighted by atomic mass is 10.2. The summed E-state index contributed by atoms with van der Waals surface area (Å²) in [4.78, 5) is 20.9. The molecule has 6 nitrogen and oxygen atoms in total. The summed E-state index contributed by atoms with van der Waals surface area (Å²) in [5, 5.41) is 3.30. The second-order valence-corrected chi connectivity index (χ2v) is 6.87. The van der Waals surface area contributed by atoms with Crippen LogP contribution in [0.4, 0.5) is 13.2 Å². The minimum Gasteiger partial charge on any atom is -0.483 e. The molecule has 2 heterocycles.